The molecule has 0 unspecified atom stereocenters. The van der Waals surface area contributed by atoms with E-state index >= 15 is 0 Å². The lowest BCUT2D eigenvalue weighted by Crippen LogP contribution is -2.11. The van der Waals surface area contributed by atoms with Crippen LogP contribution in [-0.2, 0) is 0 Å². The molecule has 0 radical (unpaired) electrons. The van der Waals surface area contributed by atoms with Crippen LogP contribution in [0.15, 0.2) is 48.5 Å². The number of benzene rings is 2. The lowest BCUT2D eigenvalue weighted by Gasteiger charge is -2.08. The fourth-order valence-electron chi connectivity index (χ4n) is 2.98. The summed E-state index contributed by atoms with van der Waals surface area (Å²) in [7, 11) is 0. The van der Waals surface area contributed by atoms with Crippen LogP contribution in [0.3, 0.4) is 0 Å². The molecular weight excluding hydrogens is 294 g/mol. The third kappa shape index (κ3) is 1.85. The Hall–Kier alpha value is -3.15. The van der Waals surface area contributed by atoms with Crippen molar-refractivity contribution in [1.82, 2.24) is 9.71 Å². The summed E-state index contributed by atoms with van der Waals surface area (Å²) in [4.78, 5) is 21.7. The molecule has 0 aliphatic rings. The molecule has 0 atom stereocenters. The van der Waals surface area contributed by atoms with Gasteiger partial charge in [-0.15, -0.1) is 0 Å². The zero-order valence-electron chi connectivity index (χ0n) is 12.4. The zero-order valence-corrected chi connectivity index (χ0v) is 12.4. The van der Waals surface area contributed by atoms with Crippen molar-refractivity contribution in [2.75, 3.05) is 6.61 Å². The molecule has 0 N–H and O–H groups in total. The number of nitrogens with zero attached hydrogens (tertiary/aromatic N) is 3. The van der Waals surface area contributed by atoms with Gasteiger partial charge in [-0.3, -0.25) is 10.1 Å². The monoisotopic (exact) mass is 307 g/mol. The van der Waals surface area contributed by atoms with Crippen molar-refractivity contribution in [3.8, 4) is 0 Å². The first kappa shape index (κ1) is 13.5. The summed E-state index contributed by atoms with van der Waals surface area (Å²) in [5.41, 5.74) is 2.38. The van der Waals surface area contributed by atoms with E-state index in [0.717, 1.165) is 10.9 Å². The van der Waals surface area contributed by atoms with Crippen molar-refractivity contribution in [1.29, 1.82) is 0 Å². The highest BCUT2D eigenvalue weighted by molar-refractivity contribution is 6.14. The second-order valence-electron chi connectivity index (χ2n) is 5.16. The van der Waals surface area contributed by atoms with Crippen molar-refractivity contribution < 1.29 is 9.76 Å². The Morgan fingerprint density at radius 1 is 1.13 bits per heavy atom. The molecule has 0 saturated heterocycles. The SMILES string of the molecule is CCOn1c2ccccc2c2nc3ccccc3c([N+](=O)[O-])c21. The van der Waals surface area contributed by atoms with Gasteiger partial charge in [0.15, 0.2) is 5.52 Å². The topological polar surface area (TPSA) is 70.2 Å². The first-order chi connectivity index (χ1) is 11.2. The highest BCUT2D eigenvalue weighted by Crippen LogP contribution is 2.37. The summed E-state index contributed by atoms with van der Waals surface area (Å²) in [6.07, 6.45) is 0. The van der Waals surface area contributed by atoms with Gasteiger partial charge in [0.2, 0.25) is 0 Å². The van der Waals surface area contributed by atoms with Crippen molar-refractivity contribution >= 4 is 38.5 Å². The first-order valence-corrected chi connectivity index (χ1v) is 7.32. The normalized spacial score (nSPS) is 11.3. The van der Waals surface area contributed by atoms with Crippen LogP contribution in [0.1, 0.15) is 6.92 Å². The Kier molecular flexibility index (Phi) is 2.90. The molecule has 2 aromatic heterocycles. The van der Waals surface area contributed by atoms with Gasteiger partial charge in [-0.05, 0) is 25.1 Å². The number of fused-ring (bicyclic) bond motifs is 4. The minimum atomic E-state index is -0.360. The van der Waals surface area contributed by atoms with Gasteiger partial charge in [-0.25, -0.2) is 4.98 Å². The maximum Gasteiger partial charge on any atom is 0.307 e. The molecule has 0 saturated carbocycles. The smallest absolute Gasteiger partial charge is 0.307 e. The van der Waals surface area contributed by atoms with Gasteiger partial charge in [0.1, 0.15) is 12.1 Å². The molecule has 6 nitrogen and oxygen atoms in total. The van der Waals surface area contributed by atoms with E-state index < -0.39 is 0 Å². The van der Waals surface area contributed by atoms with Gasteiger partial charge in [-0.1, -0.05) is 30.3 Å². The van der Waals surface area contributed by atoms with Gasteiger partial charge in [0.25, 0.3) is 0 Å². The van der Waals surface area contributed by atoms with E-state index in [1.54, 1.807) is 18.2 Å². The Bertz CT molecular complexity index is 1070. The lowest BCUT2D eigenvalue weighted by molar-refractivity contribution is -0.381. The van der Waals surface area contributed by atoms with Crippen LogP contribution in [-0.4, -0.2) is 21.2 Å². The van der Waals surface area contributed by atoms with E-state index in [2.05, 4.69) is 4.98 Å². The van der Waals surface area contributed by atoms with Crippen molar-refractivity contribution in [2.24, 2.45) is 0 Å². The summed E-state index contributed by atoms with van der Waals surface area (Å²) in [6, 6.07) is 14.6. The van der Waals surface area contributed by atoms with E-state index in [0.29, 0.717) is 28.5 Å². The number of nitro groups is 1. The van der Waals surface area contributed by atoms with Crippen LogP contribution in [0.2, 0.25) is 0 Å². The summed E-state index contributed by atoms with van der Waals surface area (Å²) in [5.74, 6) is 0. The molecule has 0 aliphatic heterocycles. The van der Waals surface area contributed by atoms with Gasteiger partial charge < -0.3 is 4.84 Å². The molecule has 4 rings (SSSR count). The lowest BCUT2D eigenvalue weighted by atomic mass is 10.1. The Balaban J connectivity index is 2.33. The average molecular weight is 307 g/mol. The van der Waals surface area contributed by atoms with Gasteiger partial charge in [-0.2, -0.15) is 4.73 Å². The van der Waals surface area contributed by atoms with Crippen molar-refractivity contribution in [2.45, 2.75) is 6.92 Å². The van der Waals surface area contributed by atoms with E-state index in [9.17, 15) is 10.1 Å². The first-order valence-electron chi connectivity index (χ1n) is 7.32. The van der Waals surface area contributed by atoms with E-state index in [1.165, 1.54) is 4.73 Å². The molecule has 0 bridgehead atoms. The van der Waals surface area contributed by atoms with E-state index in [4.69, 9.17) is 4.84 Å². The predicted octanol–water partition coefficient (Wildman–Crippen LogP) is 3.70. The Labute approximate surface area is 131 Å². The van der Waals surface area contributed by atoms with Crippen LogP contribution in [0.4, 0.5) is 5.69 Å². The number of rotatable bonds is 3. The van der Waals surface area contributed by atoms with Crippen LogP contribution in [0.5, 0.6) is 0 Å². The summed E-state index contributed by atoms with van der Waals surface area (Å²) >= 11 is 0. The average Bonchev–Trinajstić information content (AvgIpc) is 2.87. The van der Waals surface area contributed by atoms with Gasteiger partial charge >= 0.3 is 5.69 Å². The zero-order chi connectivity index (χ0) is 16.0. The third-order valence-corrected chi connectivity index (χ3v) is 3.86. The molecule has 6 heteroatoms. The molecule has 0 amide bonds. The minimum Gasteiger partial charge on any atom is -0.413 e. The van der Waals surface area contributed by atoms with Crippen molar-refractivity contribution in [3.63, 3.8) is 0 Å². The summed E-state index contributed by atoms with van der Waals surface area (Å²) in [6.45, 7) is 2.25. The molecule has 0 aliphatic carbocycles. The largest absolute Gasteiger partial charge is 0.413 e. The molecule has 0 fully saturated rings. The number of para-hydroxylation sites is 2. The second kappa shape index (κ2) is 4.95. The third-order valence-electron chi connectivity index (χ3n) is 3.86. The summed E-state index contributed by atoms with van der Waals surface area (Å²) < 4.78 is 1.53. The maximum atomic E-state index is 11.8. The molecule has 114 valence electrons. The van der Waals surface area contributed by atoms with Crippen LogP contribution >= 0.6 is 0 Å². The maximum absolute atomic E-state index is 11.8. The number of hydrogen-bond donors (Lipinski definition) is 0. The van der Waals surface area contributed by atoms with Crippen LogP contribution in [0.25, 0.3) is 32.8 Å². The van der Waals surface area contributed by atoms with Gasteiger partial charge in [0, 0.05) is 5.39 Å². The molecular formula is C17H13N3O3. The number of aromatic nitrogens is 2. The number of hydrogen-bond acceptors (Lipinski definition) is 4. The number of pyridine rings is 1. The minimum absolute atomic E-state index is 0.0234. The van der Waals surface area contributed by atoms with Crippen LogP contribution < -0.4 is 4.84 Å². The van der Waals surface area contributed by atoms with Crippen LogP contribution in [0, 0.1) is 10.1 Å². The standard InChI is InChI=1S/C17H13N3O3/c1-2-23-19-14-10-6-4-8-12(14)15-17(19)16(20(21)22)11-7-3-5-9-13(11)18-15/h3-10H,2H2,1H3. The highest BCUT2D eigenvalue weighted by atomic mass is 16.7. The molecule has 2 aromatic carbocycles. The molecule has 2 heterocycles. The molecule has 4 aromatic rings. The quantitative estimate of drug-likeness (QED) is 0.427. The fraction of sp³-hybridized carbons (Fsp3) is 0.118. The highest BCUT2D eigenvalue weighted by Gasteiger charge is 2.26. The fourth-order valence-corrected chi connectivity index (χ4v) is 2.98. The van der Waals surface area contributed by atoms with Gasteiger partial charge in [0.05, 0.1) is 21.3 Å². The van der Waals surface area contributed by atoms with Crippen molar-refractivity contribution in [3.05, 3.63) is 58.6 Å². The predicted molar refractivity (Wildman–Crippen MR) is 88.5 cm³/mol. The second-order valence-corrected chi connectivity index (χ2v) is 5.16. The molecule has 0 spiro atoms. The Morgan fingerprint density at radius 3 is 2.57 bits per heavy atom. The summed E-state index contributed by atoms with van der Waals surface area (Å²) in [5, 5.41) is 13.1. The van der Waals surface area contributed by atoms with E-state index in [1.807, 2.05) is 37.3 Å². The van der Waals surface area contributed by atoms with E-state index in [-0.39, 0.29) is 10.6 Å². The molecule has 23 heavy (non-hydrogen) atoms. The Morgan fingerprint density at radius 2 is 1.83 bits per heavy atom.